The van der Waals surface area contributed by atoms with E-state index in [2.05, 4.69) is 5.32 Å². The molecule has 1 unspecified atom stereocenters. The third-order valence-electron chi connectivity index (χ3n) is 3.98. The molecular formula is C18H26N3O3S2+. The summed E-state index contributed by atoms with van der Waals surface area (Å²) in [7, 11) is -1.58. The Morgan fingerprint density at radius 2 is 1.92 bits per heavy atom. The molecule has 1 aromatic carbocycles. The molecule has 2 N–H and O–H groups in total. The molecule has 8 heteroatoms. The lowest BCUT2D eigenvalue weighted by Gasteiger charge is -2.19. The zero-order valence-corrected chi connectivity index (χ0v) is 17.0. The number of carbonyl (C=O) groups is 1. The molecule has 1 aromatic heterocycles. The number of nitrogens with one attached hydrogen (secondary N) is 2. The van der Waals surface area contributed by atoms with Crippen molar-refractivity contribution >= 4 is 33.0 Å². The third kappa shape index (κ3) is 5.38. The van der Waals surface area contributed by atoms with E-state index in [1.807, 2.05) is 24.6 Å². The van der Waals surface area contributed by atoms with Gasteiger partial charge in [0.1, 0.15) is 6.54 Å². The van der Waals surface area contributed by atoms with Crippen molar-refractivity contribution in [2.24, 2.45) is 0 Å². The Bertz CT molecular complexity index is 816. The molecule has 0 aliphatic carbocycles. The molecule has 1 heterocycles. The van der Waals surface area contributed by atoms with Crippen molar-refractivity contribution in [3.63, 3.8) is 0 Å². The second kappa shape index (κ2) is 9.27. The van der Waals surface area contributed by atoms with E-state index in [0.29, 0.717) is 25.3 Å². The van der Waals surface area contributed by atoms with Crippen LogP contribution in [-0.4, -0.2) is 45.3 Å². The maximum atomic E-state index is 12.6. The molecule has 0 fully saturated rings. The van der Waals surface area contributed by atoms with Crippen LogP contribution in [0.1, 0.15) is 18.7 Å². The number of thiophene rings is 1. The minimum absolute atomic E-state index is 0.142. The number of nitrogens with zero attached hydrogens (tertiary/aromatic N) is 1. The summed E-state index contributed by atoms with van der Waals surface area (Å²) >= 11 is 1.67. The highest BCUT2D eigenvalue weighted by molar-refractivity contribution is 7.89. The lowest BCUT2D eigenvalue weighted by atomic mass is 10.3. The topological polar surface area (TPSA) is 70.9 Å². The largest absolute Gasteiger partial charge is 0.325 e. The summed E-state index contributed by atoms with van der Waals surface area (Å²) in [6, 6.07) is 10.5. The number of benzene rings is 1. The zero-order valence-electron chi connectivity index (χ0n) is 15.4. The molecule has 142 valence electrons. The number of carbonyl (C=O) groups excluding carboxylic acids is 1. The molecule has 26 heavy (non-hydrogen) atoms. The summed E-state index contributed by atoms with van der Waals surface area (Å²) in [5.41, 5.74) is 0.493. The number of hydrogen-bond acceptors (Lipinski definition) is 4. The Kier molecular flexibility index (Phi) is 7.33. The number of amides is 1. The number of sulfonamides is 1. The molecule has 0 spiro atoms. The molecule has 0 bridgehead atoms. The highest BCUT2D eigenvalue weighted by atomic mass is 32.2. The van der Waals surface area contributed by atoms with Crippen molar-refractivity contribution in [3.05, 3.63) is 46.7 Å². The molecule has 0 aliphatic rings. The Morgan fingerprint density at radius 3 is 2.54 bits per heavy atom. The summed E-state index contributed by atoms with van der Waals surface area (Å²) in [6.07, 6.45) is 0. The predicted octanol–water partition coefficient (Wildman–Crippen LogP) is 1.43. The Hall–Kier alpha value is -1.74. The van der Waals surface area contributed by atoms with Crippen LogP contribution in [-0.2, 0) is 21.4 Å². The first-order chi connectivity index (χ1) is 12.4. The fourth-order valence-corrected chi connectivity index (χ4v) is 5.02. The lowest BCUT2D eigenvalue weighted by molar-refractivity contribution is -0.884. The normalized spacial score (nSPS) is 12.9. The Morgan fingerprint density at radius 1 is 1.19 bits per heavy atom. The standard InChI is InChI=1S/C18H25N3O3S2/c1-4-21(5-2)26(23,24)17-10-6-8-15(12-17)19-18(22)14-20(3)13-16-9-7-11-25-16/h6-12H,4-5,13-14H2,1-3H3,(H,19,22)/p+1. The van der Waals surface area contributed by atoms with Crippen LogP contribution in [0.25, 0.3) is 0 Å². The molecular weight excluding hydrogens is 370 g/mol. The first-order valence-electron chi connectivity index (χ1n) is 8.60. The second-order valence-electron chi connectivity index (χ2n) is 6.06. The minimum atomic E-state index is -3.54. The van der Waals surface area contributed by atoms with Crippen LogP contribution >= 0.6 is 11.3 Å². The summed E-state index contributed by atoms with van der Waals surface area (Å²) < 4.78 is 26.6. The van der Waals surface area contributed by atoms with E-state index >= 15 is 0 Å². The van der Waals surface area contributed by atoms with Gasteiger partial charge < -0.3 is 10.2 Å². The van der Waals surface area contributed by atoms with Crippen LogP contribution in [0.15, 0.2) is 46.7 Å². The van der Waals surface area contributed by atoms with Gasteiger partial charge in [-0.2, -0.15) is 4.31 Å². The van der Waals surface area contributed by atoms with E-state index in [1.165, 1.54) is 15.2 Å². The maximum absolute atomic E-state index is 12.6. The van der Waals surface area contributed by atoms with Crippen molar-refractivity contribution in [2.75, 3.05) is 32.0 Å². The van der Waals surface area contributed by atoms with E-state index in [1.54, 1.807) is 43.4 Å². The highest BCUT2D eigenvalue weighted by Gasteiger charge is 2.22. The molecule has 2 aromatic rings. The van der Waals surface area contributed by atoms with Crippen LogP contribution in [0.5, 0.6) is 0 Å². The molecule has 1 atom stereocenters. The highest BCUT2D eigenvalue weighted by Crippen LogP contribution is 2.19. The summed E-state index contributed by atoms with van der Waals surface area (Å²) in [5.74, 6) is -0.142. The summed E-state index contributed by atoms with van der Waals surface area (Å²) in [5, 5.41) is 4.82. The first-order valence-corrected chi connectivity index (χ1v) is 10.9. The van der Waals surface area contributed by atoms with Gasteiger partial charge in [0.05, 0.1) is 16.8 Å². The van der Waals surface area contributed by atoms with Crippen molar-refractivity contribution in [1.29, 1.82) is 0 Å². The van der Waals surface area contributed by atoms with Crippen LogP contribution in [0.4, 0.5) is 5.69 Å². The Balaban J connectivity index is 2.02. The zero-order chi connectivity index (χ0) is 19.2. The van der Waals surface area contributed by atoms with E-state index in [9.17, 15) is 13.2 Å². The quantitative estimate of drug-likeness (QED) is 0.674. The molecule has 0 saturated heterocycles. The third-order valence-corrected chi connectivity index (χ3v) is 6.90. The van der Waals surface area contributed by atoms with Gasteiger partial charge in [-0.05, 0) is 29.6 Å². The molecule has 6 nitrogen and oxygen atoms in total. The van der Waals surface area contributed by atoms with Gasteiger partial charge in [-0.3, -0.25) is 4.79 Å². The van der Waals surface area contributed by atoms with E-state index in [-0.39, 0.29) is 10.8 Å². The second-order valence-corrected chi connectivity index (χ2v) is 9.03. The van der Waals surface area contributed by atoms with Gasteiger partial charge in [0.2, 0.25) is 10.0 Å². The number of likely N-dealkylation sites (N-methyl/N-ethyl adjacent to an activating group) is 1. The monoisotopic (exact) mass is 396 g/mol. The van der Waals surface area contributed by atoms with Gasteiger partial charge >= 0.3 is 0 Å². The molecule has 0 aliphatic heterocycles. The van der Waals surface area contributed by atoms with Crippen LogP contribution in [0, 0.1) is 0 Å². The summed E-state index contributed by atoms with van der Waals surface area (Å²) in [6.45, 7) is 5.52. The average molecular weight is 397 g/mol. The van der Waals surface area contributed by atoms with Gasteiger partial charge in [-0.25, -0.2) is 8.42 Å². The summed E-state index contributed by atoms with van der Waals surface area (Å²) in [4.78, 5) is 14.8. The van der Waals surface area contributed by atoms with Crippen LogP contribution < -0.4 is 10.2 Å². The molecule has 2 rings (SSSR count). The number of quaternary nitrogens is 1. The van der Waals surface area contributed by atoms with Crippen molar-refractivity contribution in [3.8, 4) is 0 Å². The first kappa shape index (κ1) is 20.6. The van der Waals surface area contributed by atoms with Gasteiger partial charge in [0.25, 0.3) is 5.91 Å². The fourth-order valence-electron chi connectivity index (χ4n) is 2.70. The van der Waals surface area contributed by atoms with E-state index in [4.69, 9.17) is 0 Å². The van der Waals surface area contributed by atoms with Crippen molar-refractivity contribution in [2.45, 2.75) is 25.3 Å². The average Bonchev–Trinajstić information content (AvgIpc) is 3.08. The SMILES string of the molecule is CCN(CC)S(=O)(=O)c1cccc(NC(=O)C[NH+](C)Cc2cccs2)c1. The van der Waals surface area contributed by atoms with Crippen molar-refractivity contribution < 1.29 is 18.1 Å². The number of anilines is 1. The van der Waals surface area contributed by atoms with E-state index in [0.717, 1.165) is 11.4 Å². The predicted molar refractivity (Wildman–Crippen MR) is 105 cm³/mol. The number of hydrogen-bond donors (Lipinski definition) is 2. The maximum Gasteiger partial charge on any atom is 0.279 e. The minimum Gasteiger partial charge on any atom is -0.325 e. The fraction of sp³-hybridized carbons (Fsp3) is 0.389. The Labute approximate surface area is 159 Å². The van der Waals surface area contributed by atoms with Gasteiger partial charge in [-0.1, -0.05) is 26.0 Å². The van der Waals surface area contributed by atoms with Crippen molar-refractivity contribution in [1.82, 2.24) is 4.31 Å². The van der Waals surface area contributed by atoms with E-state index < -0.39 is 10.0 Å². The van der Waals surface area contributed by atoms with Gasteiger partial charge in [0, 0.05) is 18.8 Å². The number of rotatable bonds is 9. The lowest BCUT2D eigenvalue weighted by Crippen LogP contribution is -3.08. The smallest absolute Gasteiger partial charge is 0.279 e. The van der Waals surface area contributed by atoms with Gasteiger partial charge in [0.15, 0.2) is 6.54 Å². The molecule has 0 saturated carbocycles. The van der Waals surface area contributed by atoms with Crippen LogP contribution in [0.2, 0.25) is 0 Å². The van der Waals surface area contributed by atoms with Crippen LogP contribution in [0.3, 0.4) is 0 Å². The molecule has 0 radical (unpaired) electrons. The molecule has 1 amide bonds. The van der Waals surface area contributed by atoms with Gasteiger partial charge in [-0.15, -0.1) is 11.3 Å².